The smallest absolute Gasteiger partial charge is 0.245 e. The second-order valence-electron chi connectivity index (χ2n) is 7.63. The van der Waals surface area contributed by atoms with E-state index in [2.05, 4.69) is 13.8 Å². The molecule has 4 rings (SSSR count). The Balaban J connectivity index is 1.80. The summed E-state index contributed by atoms with van der Waals surface area (Å²) in [5, 5.41) is 6.73. The molecule has 0 unspecified atom stereocenters. The maximum atomic E-state index is 12.5. The topological polar surface area (TPSA) is 71.8 Å². The lowest BCUT2D eigenvalue weighted by Crippen LogP contribution is -2.60. The molecule has 0 aromatic carbocycles. The molecule has 5 nitrogen and oxygen atoms in total. The highest BCUT2D eigenvalue weighted by Gasteiger charge is 2.80. The summed E-state index contributed by atoms with van der Waals surface area (Å²) in [5.74, 6) is 1.10. The summed E-state index contributed by atoms with van der Waals surface area (Å²) in [6, 6.07) is 3.73. The molecule has 118 valence electrons. The monoisotopic (exact) mass is 301 g/mol. The minimum atomic E-state index is -0.640. The van der Waals surface area contributed by atoms with Gasteiger partial charge < -0.3 is 10.2 Å². The van der Waals surface area contributed by atoms with E-state index in [1.807, 2.05) is 24.1 Å². The summed E-state index contributed by atoms with van der Waals surface area (Å²) in [4.78, 5) is 12.5. The van der Waals surface area contributed by atoms with Crippen molar-refractivity contribution >= 4 is 11.6 Å². The minimum absolute atomic E-state index is 0.0799. The van der Waals surface area contributed by atoms with E-state index in [9.17, 15) is 4.79 Å². The summed E-state index contributed by atoms with van der Waals surface area (Å²) in [5.41, 5.74) is 6.10. The van der Waals surface area contributed by atoms with Crippen LogP contribution in [0.25, 0.3) is 0 Å². The van der Waals surface area contributed by atoms with Crippen molar-refractivity contribution < 1.29 is 9.21 Å². The fourth-order valence-electron chi connectivity index (χ4n) is 5.58. The Labute approximate surface area is 130 Å². The zero-order valence-electron chi connectivity index (χ0n) is 13.4. The number of hydrogen-bond donors (Lipinski definition) is 1. The lowest BCUT2D eigenvalue weighted by atomic mass is 9.65. The summed E-state index contributed by atoms with van der Waals surface area (Å²) >= 11 is 0. The predicted molar refractivity (Wildman–Crippen MR) is 83.1 cm³/mol. The number of rotatable bonds is 3. The van der Waals surface area contributed by atoms with Gasteiger partial charge in [-0.1, -0.05) is 13.8 Å². The first-order valence-electron chi connectivity index (χ1n) is 8.02. The molecule has 2 saturated carbocycles. The molecule has 1 aromatic rings. The molecule has 3 fully saturated rings. The number of hydrazone groups is 1. The summed E-state index contributed by atoms with van der Waals surface area (Å²) < 4.78 is 5.42. The second-order valence-corrected chi connectivity index (χ2v) is 7.63. The van der Waals surface area contributed by atoms with E-state index >= 15 is 0 Å². The van der Waals surface area contributed by atoms with Crippen LogP contribution in [0, 0.1) is 16.7 Å². The fraction of sp³-hybridized carbons (Fsp3) is 0.647. The van der Waals surface area contributed by atoms with Crippen LogP contribution in [-0.2, 0) is 4.79 Å². The standard InChI is InChI=1S/C17H23N3O2/c1-11(13-5-4-8-22-13)19-20-10-15(2)12-6-7-16(15,3)17(20,9-12)14(18)21/h4-5,8,12H,6-7,9-10H2,1-3H3,(H2,18,21)/b19-11-/t12-,15-,16+,17-/m1/s1. The van der Waals surface area contributed by atoms with Crippen molar-refractivity contribution in [3.63, 3.8) is 0 Å². The molecule has 4 bridgehead atoms. The van der Waals surface area contributed by atoms with Gasteiger partial charge in [0.05, 0.1) is 12.0 Å². The van der Waals surface area contributed by atoms with Gasteiger partial charge in [0.2, 0.25) is 5.91 Å². The first-order valence-corrected chi connectivity index (χ1v) is 8.02. The van der Waals surface area contributed by atoms with Gasteiger partial charge in [-0.05, 0) is 49.7 Å². The molecule has 5 heteroatoms. The van der Waals surface area contributed by atoms with Gasteiger partial charge in [0.15, 0.2) is 0 Å². The summed E-state index contributed by atoms with van der Waals surface area (Å²) in [7, 11) is 0. The van der Waals surface area contributed by atoms with Gasteiger partial charge in [0, 0.05) is 12.0 Å². The van der Waals surface area contributed by atoms with Gasteiger partial charge >= 0.3 is 0 Å². The van der Waals surface area contributed by atoms with Crippen LogP contribution in [0.5, 0.6) is 0 Å². The molecule has 1 aromatic heterocycles. The quantitative estimate of drug-likeness (QED) is 0.871. The number of furan rings is 1. The number of nitrogens with two attached hydrogens (primary N) is 1. The van der Waals surface area contributed by atoms with E-state index in [0.29, 0.717) is 5.92 Å². The van der Waals surface area contributed by atoms with Crippen molar-refractivity contribution in [2.45, 2.75) is 45.6 Å². The molecule has 22 heavy (non-hydrogen) atoms. The fourth-order valence-corrected chi connectivity index (χ4v) is 5.58. The molecule has 4 atom stereocenters. The maximum absolute atomic E-state index is 12.5. The van der Waals surface area contributed by atoms with Gasteiger partial charge in [-0.15, -0.1) is 0 Å². The van der Waals surface area contributed by atoms with Crippen LogP contribution in [0.15, 0.2) is 27.9 Å². The largest absolute Gasteiger partial charge is 0.463 e. The zero-order valence-corrected chi connectivity index (χ0v) is 13.4. The van der Waals surface area contributed by atoms with Crippen LogP contribution in [0.3, 0.4) is 0 Å². The number of primary amides is 1. The Hall–Kier alpha value is -1.78. The van der Waals surface area contributed by atoms with E-state index in [4.69, 9.17) is 15.3 Å². The molecule has 2 N–H and O–H groups in total. The number of piperidine rings is 1. The van der Waals surface area contributed by atoms with Crippen molar-refractivity contribution in [1.29, 1.82) is 0 Å². The highest BCUT2D eigenvalue weighted by molar-refractivity contribution is 5.96. The average molecular weight is 301 g/mol. The molecule has 2 heterocycles. The Bertz CT molecular complexity index is 667. The van der Waals surface area contributed by atoms with Gasteiger partial charge in [-0.3, -0.25) is 9.80 Å². The first kappa shape index (κ1) is 13.9. The second kappa shape index (κ2) is 3.94. The minimum Gasteiger partial charge on any atom is -0.463 e. The molecule has 0 spiro atoms. The molecule has 1 aliphatic heterocycles. The number of carbonyl (C=O) groups excluding carboxylic acids is 1. The van der Waals surface area contributed by atoms with Gasteiger partial charge in [0.1, 0.15) is 11.3 Å². The zero-order chi connectivity index (χ0) is 15.8. The molecule has 3 aliphatic rings. The SMILES string of the molecule is C/C(=N/N1C[C@]2(C)[C@@H]3CC[C@]2(C)[C@]1(C(N)=O)C3)c1ccco1. The van der Waals surface area contributed by atoms with Crippen LogP contribution >= 0.6 is 0 Å². The third-order valence-electron chi connectivity index (χ3n) is 7.08. The van der Waals surface area contributed by atoms with Gasteiger partial charge in [-0.25, -0.2) is 0 Å². The molecular weight excluding hydrogens is 278 g/mol. The summed E-state index contributed by atoms with van der Waals surface area (Å²) in [6.45, 7) is 7.27. The van der Waals surface area contributed by atoms with E-state index in [1.165, 1.54) is 6.42 Å². The van der Waals surface area contributed by atoms with E-state index in [0.717, 1.165) is 30.9 Å². The van der Waals surface area contributed by atoms with Crippen LogP contribution in [-0.4, -0.2) is 28.7 Å². The van der Waals surface area contributed by atoms with Crippen molar-refractivity contribution in [3.8, 4) is 0 Å². The van der Waals surface area contributed by atoms with E-state index < -0.39 is 5.54 Å². The number of nitrogens with zero attached hydrogens (tertiary/aromatic N) is 2. The molecule has 1 amide bonds. The first-order chi connectivity index (χ1) is 10.3. The molecule has 1 saturated heterocycles. The van der Waals surface area contributed by atoms with Crippen LogP contribution in [0.4, 0.5) is 0 Å². The van der Waals surface area contributed by atoms with Crippen molar-refractivity contribution in [2.24, 2.45) is 27.6 Å². The van der Waals surface area contributed by atoms with E-state index in [1.54, 1.807) is 6.26 Å². The number of carbonyl (C=O) groups is 1. The third kappa shape index (κ3) is 1.27. The van der Waals surface area contributed by atoms with Crippen LogP contribution < -0.4 is 5.73 Å². The Morgan fingerprint density at radius 2 is 2.27 bits per heavy atom. The van der Waals surface area contributed by atoms with Crippen LogP contribution in [0.1, 0.15) is 45.8 Å². The maximum Gasteiger partial charge on any atom is 0.245 e. The lowest BCUT2D eigenvalue weighted by Gasteiger charge is -2.44. The number of hydrogen-bond acceptors (Lipinski definition) is 4. The highest BCUT2D eigenvalue weighted by atomic mass is 16.3. The molecule has 0 radical (unpaired) electrons. The van der Waals surface area contributed by atoms with Crippen molar-refractivity contribution in [1.82, 2.24) is 5.01 Å². The Kier molecular flexibility index (Phi) is 2.48. The van der Waals surface area contributed by atoms with Gasteiger partial charge in [-0.2, -0.15) is 5.10 Å². The van der Waals surface area contributed by atoms with Crippen molar-refractivity contribution in [3.05, 3.63) is 24.2 Å². The molecule has 2 aliphatic carbocycles. The average Bonchev–Trinajstić information content (AvgIpc) is 3.14. The number of amides is 1. The normalized spacial score (nSPS) is 43.1. The Morgan fingerprint density at radius 3 is 2.86 bits per heavy atom. The Morgan fingerprint density at radius 1 is 1.50 bits per heavy atom. The van der Waals surface area contributed by atoms with Crippen molar-refractivity contribution in [2.75, 3.05) is 6.54 Å². The lowest BCUT2D eigenvalue weighted by molar-refractivity contribution is -0.135. The third-order valence-corrected chi connectivity index (χ3v) is 7.08. The predicted octanol–water partition coefficient (Wildman–Crippen LogP) is 2.37. The highest BCUT2D eigenvalue weighted by Crippen LogP contribution is 2.75. The summed E-state index contributed by atoms with van der Waals surface area (Å²) in [6.07, 6.45) is 4.74. The van der Waals surface area contributed by atoms with Gasteiger partial charge in [0.25, 0.3) is 0 Å². The van der Waals surface area contributed by atoms with Crippen LogP contribution in [0.2, 0.25) is 0 Å². The molecular formula is C17H23N3O2. The van der Waals surface area contributed by atoms with E-state index in [-0.39, 0.29) is 16.7 Å².